The van der Waals surface area contributed by atoms with Gasteiger partial charge in [0.2, 0.25) is 5.91 Å². The Hall–Kier alpha value is -2.55. The minimum absolute atomic E-state index is 0.140. The van der Waals surface area contributed by atoms with Crippen LogP contribution in [0.2, 0.25) is 0 Å². The molecule has 118 valence electrons. The average Bonchev–Trinajstić information content (AvgIpc) is 2.43. The maximum absolute atomic E-state index is 11.6. The zero-order valence-corrected chi connectivity index (χ0v) is 12.3. The topological polar surface area (TPSA) is 130 Å². The highest BCUT2D eigenvalue weighted by atomic mass is 32.2. The first-order valence-electron chi connectivity index (χ1n) is 5.98. The molecule has 3 N–H and O–H groups in total. The summed E-state index contributed by atoms with van der Waals surface area (Å²) in [5.74, 6) is -3.48. The number of rotatable bonds is 6. The van der Waals surface area contributed by atoms with E-state index in [0.29, 0.717) is 11.8 Å². The lowest BCUT2D eigenvalue weighted by molar-refractivity contribution is -0.140. The van der Waals surface area contributed by atoms with Crippen molar-refractivity contribution < 1.29 is 34.1 Å². The van der Waals surface area contributed by atoms with Crippen LogP contribution in [0.1, 0.15) is 17.3 Å². The molecule has 1 rings (SSSR count). The minimum Gasteiger partial charge on any atom is -0.480 e. The second-order valence-corrected chi connectivity index (χ2v) is 5.01. The van der Waals surface area contributed by atoms with Crippen molar-refractivity contribution in [2.45, 2.75) is 13.0 Å². The Balaban J connectivity index is 2.65. The molecular weight excluding hydrogens is 314 g/mol. The van der Waals surface area contributed by atoms with Crippen molar-refractivity contribution >= 4 is 34.9 Å². The summed E-state index contributed by atoms with van der Waals surface area (Å²) in [6, 6.07) is 4.31. The third-order valence-corrected chi connectivity index (χ3v) is 3.17. The van der Waals surface area contributed by atoms with E-state index < -0.39 is 29.2 Å². The number of aromatic carboxylic acids is 1. The van der Waals surface area contributed by atoms with Crippen molar-refractivity contribution in [3.63, 3.8) is 0 Å². The van der Waals surface area contributed by atoms with E-state index >= 15 is 0 Å². The molecule has 22 heavy (non-hydrogen) atoms. The fraction of sp³-hybridized carbons (Fsp3) is 0.231. The number of ether oxygens (including phenoxy) is 1. The number of hydrogen-bond acceptors (Lipinski definition) is 6. The molecule has 0 spiro atoms. The second kappa shape index (κ2) is 8.03. The molecule has 1 atom stereocenters. The number of para-hydroxylation sites is 1. The molecule has 0 aliphatic rings. The maximum atomic E-state index is 11.6. The normalized spacial score (nSPS) is 11.3. The largest absolute Gasteiger partial charge is 0.480 e. The van der Waals surface area contributed by atoms with Gasteiger partial charge in [0.1, 0.15) is 17.4 Å². The Morgan fingerprint density at radius 3 is 2.41 bits per heavy atom. The van der Waals surface area contributed by atoms with Crippen LogP contribution in [-0.4, -0.2) is 45.2 Å². The molecule has 1 amide bonds. The van der Waals surface area contributed by atoms with Crippen molar-refractivity contribution in [3.8, 4) is 5.75 Å². The van der Waals surface area contributed by atoms with Gasteiger partial charge in [-0.15, -0.1) is 0 Å². The second-order valence-electron chi connectivity index (χ2n) is 4.06. The molecule has 1 aromatic carbocycles. The Morgan fingerprint density at radius 1 is 1.23 bits per heavy atom. The molecule has 0 fully saturated rings. The van der Waals surface area contributed by atoms with Crippen LogP contribution in [0.5, 0.6) is 5.75 Å². The Bertz CT molecular complexity index is 602. The van der Waals surface area contributed by atoms with Crippen LogP contribution in [0.25, 0.3) is 0 Å². The average molecular weight is 327 g/mol. The summed E-state index contributed by atoms with van der Waals surface area (Å²) in [4.78, 5) is 44.3. The Kier molecular flexibility index (Phi) is 6.39. The van der Waals surface area contributed by atoms with Gasteiger partial charge in [0.25, 0.3) is 0 Å². The lowest BCUT2D eigenvalue weighted by atomic mass is 10.2. The number of carboxylic acids is 2. The lowest BCUT2D eigenvalue weighted by Crippen LogP contribution is -2.41. The first-order chi connectivity index (χ1) is 10.3. The summed E-state index contributed by atoms with van der Waals surface area (Å²) in [5, 5.41) is 19.1. The molecule has 0 saturated carbocycles. The highest BCUT2D eigenvalue weighted by Gasteiger charge is 2.21. The minimum atomic E-state index is -1.29. The molecule has 0 unspecified atom stereocenters. The number of hydrogen-bond donors (Lipinski definition) is 3. The molecule has 8 nitrogen and oxygen atoms in total. The predicted molar refractivity (Wildman–Crippen MR) is 77.1 cm³/mol. The van der Waals surface area contributed by atoms with Crippen molar-refractivity contribution in [1.29, 1.82) is 0 Å². The quantitative estimate of drug-likeness (QED) is 0.665. The molecule has 0 heterocycles. The molecule has 0 saturated heterocycles. The Labute approximate surface area is 129 Å². The molecule has 9 heteroatoms. The van der Waals surface area contributed by atoms with Gasteiger partial charge in [-0.2, -0.15) is 0 Å². The van der Waals surface area contributed by atoms with Gasteiger partial charge in [0.05, 0.1) is 0 Å². The number of carbonyl (C=O) groups excluding carboxylic acids is 2. The summed E-state index contributed by atoms with van der Waals surface area (Å²) < 4.78 is 4.88. The monoisotopic (exact) mass is 327 g/mol. The van der Waals surface area contributed by atoms with Crippen LogP contribution in [0.4, 0.5) is 4.79 Å². The van der Waals surface area contributed by atoms with Crippen LogP contribution in [0.15, 0.2) is 24.3 Å². The van der Waals surface area contributed by atoms with Crippen LogP contribution in [0.3, 0.4) is 0 Å². The number of carboxylic acid groups (broad SMARTS) is 2. The van der Waals surface area contributed by atoms with E-state index in [0.717, 1.165) is 6.92 Å². The van der Waals surface area contributed by atoms with Crippen molar-refractivity contribution in [2.24, 2.45) is 0 Å². The van der Waals surface area contributed by atoms with E-state index in [1.54, 1.807) is 0 Å². The molecule has 1 aromatic rings. The van der Waals surface area contributed by atoms with Gasteiger partial charge >= 0.3 is 17.2 Å². The SMILES string of the molecule is CC(=O)N[C@H](CSC(=O)Oc1ccccc1C(=O)O)C(=O)O. The summed E-state index contributed by atoms with van der Waals surface area (Å²) >= 11 is 0.520. The fourth-order valence-electron chi connectivity index (χ4n) is 1.42. The number of thioether (sulfide) groups is 1. The summed E-state index contributed by atoms with van der Waals surface area (Å²) in [7, 11) is 0. The fourth-order valence-corrected chi connectivity index (χ4v) is 2.10. The zero-order valence-electron chi connectivity index (χ0n) is 11.4. The van der Waals surface area contributed by atoms with E-state index in [9.17, 15) is 19.2 Å². The molecule has 0 bridgehead atoms. The van der Waals surface area contributed by atoms with Crippen molar-refractivity contribution in [2.75, 3.05) is 5.75 Å². The molecule has 0 radical (unpaired) electrons. The zero-order chi connectivity index (χ0) is 16.7. The van der Waals surface area contributed by atoms with Crippen LogP contribution >= 0.6 is 11.8 Å². The van der Waals surface area contributed by atoms with Crippen LogP contribution in [0, 0.1) is 0 Å². The molecule has 0 aliphatic carbocycles. The van der Waals surface area contributed by atoms with E-state index in [1.165, 1.54) is 24.3 Å². The van der Waals surface area contributed by atoms with E-state index in [1.807, 2.05) is 0 Å². The first kappa shape index (κ1) is 17.5. The van der Waals surface area contributed by atoms with Crippen molar-refractivity contribution in [3.05, 3.63) is 29.8 Å². The van der Waals surface area contributed by atoms with Gasteiger partial charge in [-0.3, -0.25) is 4.79 Å². The third-order valence-electron chi connectivity index (χ3n) is 2.35. The number of benzene rings is 1. The number of amides is 1. The maximum Gasteiger partial charge on any atom is 0.372 e. The molecular formula is C13H13NO7S. The Morgan fingerprint density at radius 2 is 1.86 bits per heavy atom. The number of aliphatic carboxylic acids is 1. The van der Waals surface area contributed by atoms with Crippen LogP contribution < -0.4 is 10.1 Å². The van der Waals surface area contributed by atoms with Gasteiger partial charge in [-0.05, 0) is 23.9 Å². The third kappa shape index (κ3) is 5.44. The summed E-state index contributed by atoms with van der Waals surface area (Å²) in [6.45, 7) is 1.15. The summed E-state index contributed by atoms with van der Waals surface area (Å²) in [5.41, 5.74) is -0.187. The highest BCUT2D eigenvalue weighted by molar-refractivity contribution is 8.13. The lowest BCUT2D eigenvalue weighted by Gasteiger charge is -2.12. The van der Waals surface area contributed by atoms with Gasteiger partial charge in [-0.25, -0.2) is 14.4 Å². The number of nitrogens with one attached hydrogen (secondary N) is 1. The van der Waals surface area contributed by atoms with Crippen LogP contribution in [-0.2, 0) is 9.59 Å². The van der Waals surface area contributed by atoms with E-state index in [4.69, 9.17) is 14.9 Å². The van der Waals surface area contributed by atoms with Gasteiger partial charge in [-0.1, -0.05) is 12.1 Å². The van der Waals surface area contributed by atoms with Gasteiger partial charge in [0, 0.05) is 12.7 Å². The van der Waals surface area contributed by atoms with Crippen molar-refractivity contribution in [1.82, 2.24) is 5.32 Å². The molecule has 0 aromatic heterocycles. The van der Waals surface area contributed by atoms with E-state index in [2.05, 4.69) is 5.32 Å². The smallest absolute Gasteiger partial charge is 0.372 e. The predicted octanol–water partition coefficient (Wildman–Crippen LogP) is 1.21. The van der Waals surface area contributed by atoms with E-state index in [-0.39, 0.29) is 17.1 Å². The molecule has 0 aliphatic heterocycles. The standard InChI is InChI=1S/C13H13NO7S/c1-7(15)14-9(12(18)19)6-22-13(20)21-10-5-3-2-4-8(10)11(16)17/h2-5,9H,6H2,1H3,(H,14,15)(H,16,17)(H,18,19)/t9-/m1/s1. The number of carbonyl (C=O) groups is 4. The van der Waals surface area contributed by atoms with Gasteiger partial charge < -0.3 is 20.3 Å². The first-order valence-corrected chi connectivity index (χ1v) is 6.96. The summed E-state index contributed by atoms with van der Waals surface area (Å²) in [6.07, 6.45) is 0. The van der Waals surface area contributed by atoms with Gasteiger partial charge in [0.15, 0.2) is 0 Å². The highest BCUT2D eigenvalue weighted by Crippen LogP contribution is 2.20.